The summed E-state index contributed by atoms with van der Waals surface area (Å²) in [7, 11) is 0. The number of Topliss-reactive ketones (excluding diaryl/α,β-unsaturated/α-hetero) is 1. The summed E-state index contributed by atoms with van der Waals surface area (Å²) >= 11 is 0. The van der Waals surface area contributed by atoms with Gasteiger partial charge in [-0.05, 0) is 49.4 Å². The van der Waals surface area contributed by atoms with E-state index in [1.165, 1.54) is 0 Å². The smallest absolute Gasteiger partial charge is 0.133 e. The molecule has 3 heteroatoms. The van der Waals surface area contributed by atoms with Crippen molar-refractivity contribution in [3.05, 3.63) is 0 Å². The molecular weight excluding hydrogens is 228 g/mol. The highest BCUT2D eigenvalue weighted by atomic mass is 16.3. The molecule has 3 nitrogen and oxygen atoms in total. The van der Waals surface area contributed by atoms with Gasteiger partial charge in [0.1, 0.15) is 5.78 Å². The lowest BCUT2D eigenvalue weighted by Crippen LogP contribution is -2.50. The molecule has 2 fully saturated rings. The second-order valence-corrected chi connectivity index (χ2v) is 7.04. The molecule has 0 aromatic rings. The largest absolute Gasteiger partial charge is 0.393 e. The van der Waals surface area contributed by atoms with Crippen LogP contribution in [-0.4, -0.2) is 28.2 Å². The number of fused-ring (bicyclic) bond motifs is 1. The van der Waals surface area contributed by atoms with Crippen LogP contribution < -0.4 is 0 Å². The molecule has 0 radical (unpaired) electrons. The van der Waals surface area contributed by atoms with E-state index in [4.69, 9.17) is 0 Å². The minimum atomic E-state index is -0.977. The molecule has 0 heterocycles. The first-order chi connectivity index (χ1) is 8.29. The average molecular weight is 254 g/mol. The van der Waals surface area contributed by atoms with Crippen LogP contribution in [0, 0.1) is 23.2 Å². The zero-order chi connectivity index (χ0) is 13.6. The van der Waals surface area contributed by atoms with Crippen LogP contribution in [0.1, 0.15) is 52.9 Å². The van der Waals surface area contributed by atoms with E-state index >= 15 is 0 Å². The summed E-state index contributed by atoms with van der Waals surface area (Å²) in [5.41, 5.74) is -0.828. The lowest BCUT2D eigenvalue weighted by atomic mass is 9.52. The molecule has 104 valence electrons. The summed E-state index contributed by atoms with van der Waals surface area (Å²) in [6.07, 6.45) is 4.26. The van der Waals surface area contributed by atoms with Crippen molar-refractivity contribution in [2.75, 3.05) is 6.61 Å². The van der Waals surface area contributed by atoms with Crippen LogP contribution in [0.2, 0.25) is 0 Å². The molecule has 2 rings (SSSR count). The maximum absolute atomic E-state index is 11.7. The number of aliphatic hydroxyl groups excluding tert-OH is 1. The Bertz CT molecular complexity index is 337. The van der Waals surface area contributed by atoms with Crippen molar-refractivity contribution < 1.29 is 15.0 Å². The normalized spacial score (nSPS) is 44.3. The number of hydrogen-bond donors (Lipinski definition) is 2. The van der Waals surface area contributed by atoms with Gasteiger partial charge in [0.15, 0.2) is 0 Å². The third kappa shape index (κ3) is 2.23. The zero-order valence-electron chi connectivity index (χ0n) is 11.8. The topological polar surface area (TPSA) is 57.5 Å². The van der Waals surface area contributed by atoms with Gasteiger partial charge in [0, 0.05) is 12.8 Å². The summed E-state index contributed by atoms with van der Waals surface area (Å²) in [5.74, 6) is 1.41. The summed E-state index contributed by atoms with van der Waals surface area (Å²) in [5, 5.41) is 19.6. The van der Waals surface area contributed by atoms with Gasteiger partial charge in [-0.15, -0.1) is 0 Å². The van der Waals surface area contributed by atoms with Crippen molar-refractivity contribution in [3.63, 3.8) is 0 Å². The molecule has 18 heavy (non-hydrogen) atoms. The van der Waals surface area contributed by atoms with Gasteiger partial charge in [0.05, 0.1) is 12.2 Å². The lowest BCUT2D eigenvalue weighted by molar-refractivity contribution is -0.137. The maximum Gasteiger partial charge on any atom is 0.133 e. The van der Waals surface area contributed by atoms with Crippen molar-refractivity contribution in [3.8, 4) is 0 Å². The van der Waals surface area contributed by atoms with Crippen molar-refractivity contribution in [1.82, 2.24) is 0 Å². The monoisotopic (exact) mass is 254 g/mol. The second kappa shape index (κ2) is 4.61. The van der Waals surface area contributed by atoms with E-state index < -0.39 is 5.60 Å². The Hall–Kier alpha value is -0.410. The highest BCUT2D eigenvalue weighted by Gasteiger charge is 2.50. The molecule has 0 saturated heterocycles. The molecule has 2 saturated carbocycles. The second-order valence-electron chi connectivity index (χ2n) is 7.04. The standard InChI is InChI=1S/C15H26O3/c1-10-6-13(17)7-11-4-5-12(8-14(10,11)2)15(3,18)9-16/h10-12,16,18H,4-9H2,1-3H3/t10-,11+,12-,14+,15?/m1/s1. The molecule has 2 N–H and O–H groups in total. The quantitative estimate of drug-likeness (QED) is 0.794. The first-order valence-electron chi connectivity index (χ1n) is 7.14. The third-order valence-corrected chi connectivity index (χ3v) is 5.82. The predicted octanol–water partition coefficient (Wildman–Crippen LogP) is 2.15. The summed E-state index contributed by atoms with van der Waals surface area (Å²) < 4.78 is 0. The Morgan fingerprint density at radius 3 is 2.67 bits per heavy atom. The number of carbonyl (C=O) groups excluding carboxylic acids is 1. The van der Waals surface area contributed by atoms with E-state index in [1.54, 1.807) is 6.92 Å². The Kier molecular flexibility index (Phi) is 3.58. The first kappa shape index (κ1) is 14.0. The van der Waals surface area contributed by atoms with Gasteiger partial charge in [-0.1, -0.05) is 13.8 Å². The first-order valence-corrected chi connectivity index (χ1v) is 7.14. The van der Waals surface area contributed by atoms with Crippen LogP contribution in [0.4, 0.5) is 0 Å². The van der Waals surface area contributed by atoms with Gasteiger partial charge in [0.2, 0.25) is 0 Å². The SMILES string of the molecule is C[C@@H]1CC(=O)C[C@@H]2CC[C@@H](C(C)(O)CO)C[C@]21C. The molecule has 0 amide bonds. The highest BCUT2D eigenvalue weighted by Crippen LogP contribution is 2.55. The molecule has 5 atom stereocenters. The highest BCUT2D eigenvalue weighted by molar-refractivity contribution is 5.80. The number of ketones is 1. The number of carbonyl (C=O) groups is 1. The molecule has 2 aliphatic carbocycles. The number of rotatable bonds is 2. The van der Waals surface area contributed by atoms with Crippen molar-refractivity contribution in [2.45, 2.75) is 58.5 Å². The van der Waals surface area contributed by atoms with Crippen LogP contribution in [0.25, 0.3) is 0 Å². The average Bonchev–Trinajstić information content (AvgIpc) is 2.30. The molecule has 0 aromatic heterocycles. The Balaban J connectivity index is 2.18. The molecular formula is C15H26O3. The van der Waals surface area contributed by atoms with Gasteiger partial charge < -0.3 is 10.2 Å². The van der Waals surface area contributed by atoms with E-state index in [0.717, 1.165) is 25.7 Å². The summed E-state index contributed by atoms with van der Waals surface area (Å²) in [6, 6.07) is 0. The van der Waals surface area contributed by atoms with Gasteiger partial charge >= 0.3 is 0 Å². The van der Waals surface area contributed by atoms with E-state index in [-0.39, 0.29) is 17.9 Å². The van der Waals surface area contributed by atoms with Crippen LogP contribution in [-0.2, 0) is 4.79 Å². The molecule has 0 spiro atoms. The van der Waals surface area contributed by atoms with Gasteiger partial charge in [-0.2, -0.15) is 0 Å². The summed E-state index contributed by atoms with van der Waals surface area (Å²) in [6.45, 7) is 6.00. The van der Waals surface area contributed by atoms with E-state index in [1.807, 2.05) is 0 Å². The van der Waals surface area contributed by atoms with Crippen molar-refractivity contribution in [1.29, 1.82) is 0 Å². The van der Waals surface area contributed by atoms with Crippen LogP contribution in [0.5, 0.6) is 0 Å². The number of aliphatic hydroxyl groups is 2. The molecule has 0 aliphatic heterocycles. The Labute approximate surface area is 110 Å². The van der Waals surface area contributed by atoms with Crippen molar-refractivity contribution >= 4 is 5.78 Å². The zero-order valence-corrected chi connectivity index (χ0v) is 11.8. The van der Waals surface area contributed by atoms with Gasteiger partial charge in [-0.25, -0.2) is 0 Å². The minimum absolute atomic E-state index is 0.149. The lowest BCUT2D eigenvalue weighted by Gasteiger charge is -2.53. The summed E-state index contributed by atoms with van der Waals surface area (Å²) in [4.78, 5) is 11.7. The molecule has 1 unspecified atom stereocenters. The fraction of sp³-hybridized carbons (Fsp3) is 0.933. The van der Waals surface area contributed by atoms with Gasteiger partial charge in [-0.3, -0.25) is 4.79 Å². The van der Waals surface area contributed by atoms with Crippen LogP contribution >= 0.6 is 0 Å². The molecule has 0 bridgehead atoms. The molecule has 2 aliphatic rings. The fourth-order valence-corrected chi connectivity index (χ4v) is 4.06. The number of hydrogen-bond acceptors (Lipinski definition) is 3. The predicted molar refractivity (Wildman–Crippen MR) is 70.1 cm³/mol. The Morgan fingerprint density at radius 1 is 1.39 bits per heavy atom. The van der Waals surface area contributed by atoms with Crippen molar-refractivity contribution in [2.24, 2.45) is 23.2 Å². The van der Waals surface area contributed by atoms with E-state index in [9.17, 15) is 15.0 Å². The van der Waals surface area contributed by atoms with E-state index in [2.05, 4.69) is 13.8 Å². The molecule has 0 aromatic carbocycles. The van der Waals surface area contributed by atoms with E-state index in [0.29, 0.717) is 24.0 Å². The minimum Gasteiger partial charge on any atom is -0.393 e. The maximum atomic E-state index is 11.7. The van der Waals surface area contributed by atoms with Crippen LogP contribution in [0.3, 0.4) is 0 Å². The van der Waals surface area contributed by atoms with Gasteiger partial charge in [0.25, 0.3) is 0 Å². The Morgan fingerprint density at radius 2 is 2.06 bits per heavy atom. The third-order valence-electron chi connectivity index (χ3n) is 5.82. The van der Waals surface area contributed by atoms with Crippen LogP contribution in [0.15, 0.2) is 0 Å². The fourth-order valence-electron chi connectivity index (χ4n) is 4.06.